The van der Waals surface area contributed by atoms with Gasteiger partial charge in [0.2, 0.25) is 0 Å². The number of amides is 1. The maximum absolute atomic E-state index is 14.4. The molecule has 9 heteroatoms. The molecule has 2 heterocycles. The van der Waals surface area contributed by atoms with E-state index in [9.17, 15) is 9.18 Å². The van der Waals surface area contributed by atoms with Gasteiger partial charge in [-0.25, -0.2) is 9.18 Å². The summed E-state index contributed by atoms with van der Waals surface area (Å²) in [5, 5.41) is 3.24. The Hall–Kier alpha value is -3.36. The highest BCUT2D eigenvalue weighted by atomic mass is 19.1. The van der Waals surface area contributed by atoms with E-state index in [1.807, 2.05) is 0 Å². The van der Waals surface area contributed by atoms with Gasteiger partial charge in [0.05, 0.1) is 12.8 Å². The molecule has 30 heavy (non-hydrogen) atoms. The van der Waals surface area contributed by atoms with E-state index in [0.29, 0.717) is 51.0 Å². The van der Waals surface area contributed by atoms with Gasteiger partial charge in [-0.15, -0.1) is 0 Å². The number of hydrogen-bond acceptors (Lipinski definition) is 5. The molecular weight excluding hydrogens is 389 g/mol. The molecule has 0 saturated carbocycles. The van der Waals surface area contributed by atoms with Crippen molar-refractivity contribution in [1.82, 2.24) is 20.1 Å². The molecule has 2 aromatic rings. The predicted molar refractivity (Wildman–Crippen MR) is 111 cm³/mol. The molecule has 1 aromatic carbocycles. The number of aliphatic imine (C=N–C) groups is 1. The molecule has 1 aromatic heterocycles. The molecule has 160 valence electrons. The molecule has 1 amide bonds. The van der Waals surface area contributed by atoms with E-state index in [4.69, 9.17) is 9.47 Å². The number of pyridine rings is 1. The van der Waals surface area contributed by atoms with Gasteiger partial charge in [0.15, 0.2) is 17.5 Å². The van der Waals surface area contributed by atoms with Crippen LogP contribution in [0.4, 0.5) is 9.18 Å². The van der Waals surface area contributed by atoms with Crippen LogP contribution in [0.25, 0.3) is 0 Å². The highest BCUT2D eigenvalue weighted by Gasteiger charge is 2.23. The normalized spacial score (nSPS) is 14.4. The number of ether oxygens (including phenoxy) is 2. The number of piperazine rings is 1. The monoisotopic (exact) mass is 415 g/mol. The molecular formula is C21H26FN5O3. The topological polar surface area (TPSA) is 79.3 Å². The van der Waals surface area contributed by atoms with E-state index in [2.05, 4.69) is 20.2 Å². The van der Waals surface area contributed by atoms with Crippen molar-refractivity contribution >= 4 is 12.1 Å². The molecule has 0 bridgehead atoms. The minimum absolute atomic E-state index is 0.145. The zero-order chi connectivity index (χ0) is 21.3. The summed E-state index contributed by atoms with van der Waals surface area (Å²) in [6, 6.07) is 8.27. The first-order chi connectivity index (χ1) is 14.6. The van der Waals surface area contributed by atoms with Crippen LogP contribution in [0.5, 0.6) is 11.5 Å². The van der Waals surface area contributed by atoms with E-state index < -0.39 is 5.82 Å². The Kier molecular flexibility index (Phi) is 7.42. The van der Waals surface area contributed by atoms with Gasteiger partial charge in [-0.2, -0.15) is 0 Å². The van der Waals surface area contributed by atoms with Gasteiger partial charge in [0.1, 0.15) is 5.75 Å². The molecule has 0 atom stereocenters. The molecule has 0 aliphatic carbocycles. The fraction of sp³-hybridized carbons (Fsp3) is 0.381. The number of carbonyl (C=O) groups excluding carboxylic acids is 1. The van der Waals surface area contributed by atoms with Gasteiger partial charge < -0.3 is 24.6 Å². The zero-order valence-electron chi connectivity index (χ0n) is 17.2. The van der Waals surface area contributed by atoms with Crippen LogP contribution in [0.3, 0.4) is 0 Å². The highest BCUT2D eigenvalue weighted by molar-refractivity contribution is 5.80. The lowest BCUT2D eigenvalue weighted by Crippen LogP contribution is -2.53. The molecule has 0 spiro atoms. The molecule has 8 nitrogen and oxygen atoms in total. The maximum atomic E-state index is 14.4. The number of hydrogen-bond donors (Lipinski definition) is 1. The molecule has 1 aliphatic heterocycles. The summed E-state index contributed by atoms with van der Waals surface area (Å²) in [5.41, 5.74) is 0.761. The van der Waals surface area contributed by atoms with Crippen LogP contribution in [0.2, 0.25) is 0 Å². The lowest BCUT2D eigenvalue weighted by molar-refractivity contribution is 0.0914. The SMILES string of the molecule is CCOC(=O)N1CCN(C(=NC)NCc2ccc(Oc3cccnc3)c(F)c2)CC1. The second-order valence-electron chi connectivity index (χ2n) is 6.63. The quantitative estimate of drug-likeness (QED) is 0.598. The first-order valence-corrected chi connectivity index (χ1v) is 9.84. The van der Waals surface area contributed by atoms with Crippen molar-refractivity contribution in [2.45, 2.75) is 13.5 Å². The van der Waals surface area contributed by atoms with Gasteiger partial charge in [0.25, 0.3) is 0 Å². The van der Waals surface area contributed by atoms with Crippen molar-refractivity contribution in [3.05, 3.63) is 54.1 Å². The second-order valence-corrected chi connectivity index (χ2v) is 6.63. The van der Waals surface area contributed by atoms with Gasteiger partial charge in [0, 0.05) is 46.0 Å². The summed E-state index contributed by atoms with van der Waals surface area (Å²) in [6.45, 7) is 4.98. The fourth-order valence-corrected chi connectivity index (χ4v) is 3.10. The summed E-state index contributed by atoms with van der Waals surface area (Å²) in [4.78, 5) is 23.8. The van der Waals surface area contributed by atoms with Gasteiger partial charge in [-0.05, 0) is 36.8 Å². The van der Waals surface area contributed by atoms with Gasteiger partial charge in [-0.3, -0.25) is 9.98 Å². The average molecular weight is 415 g/mol. The molecule has 1 fully saturated rings. The minimum atomic E-state index is -0.448. The van der Waals surface area contributed by atoms with Crippen LogP contribution < -0.4 is 10.1 Å². The number of halogens is 1. The largest absolute Gasteiger partial charge is 0.453 e. The predicted octanol–water partition coefficient (Wildman–Crippen LogP) is 2.86. The van der Waals surface area contributed by atoms with Crippen molar-refractivity contribution in [2.75, 3.05) is 39.8 Å². The molecule has 1 N–H and O–H groups in total. The molecule has 0 unspecified atom stereocenters. The third-order valence-corrected chi connectivity index (χ3v) is 4.63. The van der Waals surface area contributed by atoms with Gasteiger partial charge >= 0.3 is 6.09 Å². The Bertz CT molecular complexity index is 870. The molecule has 3 rings (SSSR count). The van der Waals surface area contributed by atoms with Crippen LogP contribution in [-0.4, -0.2) is 66.7 Å². The average Bonchev–Trinajstić information content (AvgIpc) is 2.77. The number of rotatable bonds is 5. The highest BCUT2D eigenvalue weighted by Crippen LogP contribution is 2.24. The van der Waals surface area contributed by atoms with E-state index in [-0.39, 0.29) is 11.8 Å². The first-order valence-electron chi connectivity index (χ1n) is 9.84. The summed E-state index contributed by atoms with van der Waals surface area (Å²) >= 11 is 0. The smallest absolute Gasteiger partial charge is 0.409 e. The number of aromatic nitrogens is 1. The minimum Gasteiger partial charge on any atom is -0.453 e. The number of benzene rings is 1. The Labute approximate surface area is 175 Å². The first kappa shape index (κ1) is 21.4. The third kappa shape index (κ3) is 5.59. The number of nitrogens with one attached hydrogen (secondary N) is 1. The van der Waals surface area contributed by atoms with E-state index in [1.165, 1.54) is 12.3 Å². The number of carbonyl (C=O) groups is 1. The van der Waals surface area contributed by atoms with E-state index in [0.717, 1.165) is 5.56 Å². The van der Waals surface area contributed by atoms with Crippen molar-refractivity contribution in [2.24, 2.45) is 4.99 Å². The van der Waals surface area contributed by atoms with Crippen LogP contribution in [-0.2, 0) is 11.3 Å². The summed E-state index contributed by atoms with van der Waals surface area (Å²) in [6.07, 6.45) is 2.87. The van der Waals surface area contributed by atoms with Crippen LogP contribution in [0, 0.1) is 5.82 Å². The molecule has 1 aliphatic rings. The maximum Gasteiger partial charge on any atom is 0.409 e. The summed E-state index contributed by atoms with van der Waals surface area (Å²) in [5.74, 6) is 0.877. The van der Waals surface area contributed by atoms with Crippen LogP contribution in [0.1, 0.15) is 12.5 Å². The lowest BCUT2D eigenvalue weighted by Gasteiger charge is -2.35. The Morgan fingerprint density at radius 3 is 2.63 bits per heavy atom. The Morgan fingerprint density at radius 1 is 1.23 bits per heavy atom. The van der Waals surface area contributed by atoms with Crippen molar-refractivity contribution < 1.29 is 18.7 Å². The molecule has 0 radical (unpaired) electrons. The second kappa shape index (κ2) is 10.4. The number of nitrogens with zero attached hydrogens (tertiary/aromatic N) is 4. The van der Waals surface area contributed by atoms with E-state index in [1.54, 1.807) is 49.3 Å². The fourth-order valence-electron chi connectivity index (χ4n) is 3.10. The Balaban J connectivity index is 1.53. The van der Waals surface area contributed by atoms with Crippen LogP contribution >= 0.6 is 0 Å². The lowest BCUT2D eigenvalue weighted by atomic mass is 10.2. The Morgan fingerprint density at radius 2 is 2.00 bits per heavy atom. The van der Waals surface area contributed by atoms with Crippen LogP contribution in [0.15, 0.2) is 47.7 Å². The standard InChI is InChI=1S/C21H26FN5O3/c1-3-29-21(28)27-11-9-26(10-12-27)20(23-2)25-14-16-6-7-19(18(22)13-16)30-17-5-4-8-24-15-17/h4-8,13,15H,3,9-12,14H2,1-2H3,(H,23,25). The zero-order valence-corrected chi connectivity index (χ0v) is 17.2. The van der Waals surface area contributed by atoms with E-state index >= 15 is 0 Å². The van der Waals surface area contributed by atoms with Gasteiger partial charge in [-0.1, -0.05) is 6.07 Å². The summed E-state index contributed by atoms with van der Waals surface area (Å²) < 4.78 is 25.0. The third-order valence-electron chi connectivity index (χ3n) is 4.63. The van der Waals surface area contributed by atoms with Crippen molar-refractivity contribution in [3.63, 3.8) is 0 Å². The van der Waals surface area contributed by atoms with Crippen molar-refractivity contribution in [1.29, 1.82) is 0 Å². The number of guanidine groups is 1. The van der Waals surface area contributed by atoms with Crippen molar-refractivity contribution in [3.8, 4) is 11.5 Å². The summed E-state index contributed by atoms with van der Waals surface area (Å²) in [7, 11) is 1.70. The molecule has 1 saturated heterocycles.